The van der Waals surface area contributed by atoms with Crippen LogP contribution in [0.2, 0.25) is 0 Å². The molecule has 1 N–H and O–H groups in total. The van der Waals surface area contributed by atoms with Gasteiger partial charge in [-0.2, -0.15) is 0 Å². The summed E-state index contributed by atoms with van der Waals surface area (Å²) in [6.45, 7) is 6.97. The zero-order valence-electron chi connectivity index (χ0n) is 23.7. The first kappa shape index (κ1) is 26.6. The normalized spacial score (nSPS) is 22.3. The molecule has 1 atom stereocenters. The van der Waals surface area contributed by atoms with Gasteiger partial charge < -0.3 is 28.8 Å². The molecule has 3 aromatic rings. The Morgan fingerprint density at radius 1 is 1.03 bits per heavy atom. The van der Waals surface area contributed by atoms with E-state index in [9.17, 15) is 5.11 Å². The van der Waals surface area contributed by atoms with E-state index in [0.29, 0.717) is 0 Å². The molecule has 6 rings (SSSR count). The summed E-state index contributed by atoms with van der Waals surface area (Å²) in [7, 11) is 5.62. The molecule has 0 radical (unpaired) electrons. The summed E-state index contributed by atoms with van der Waals surface area (Å²) in [4.78, 5) is 5.20. The first-order valence-corrected chi connectivity index (χ1v) is 14.5. The Kier molecular flexibility index (Phi) is 7.60. The fourth-order valence-corrected chi connectivity index (χ4v) is 7.55. The van der Waals surface area contributed by atoms with E-state index >= 15 is 0 Å². The molecule has 2 aromatic carbocycles. The molecule has 7 heteroatoms. The van der Waals surface area contributed by atoms with Gasteiger partial charge in [0.25, 0.3) is 0 Å². The Morgan fingerprint density at radius 2 is 1.79 bits per heavy atom. The Hall–Kier alpha value is -2.58. The number of ether oxygens (including phenoxy) is 3. The van der Waals surface area contributed by atoms with Crippen LogP contribution < -0.4 is 9.47 Å². The molecule has 3 aliphatic rings. The third kappa shape index (κ3) is 4.84. The van der Waals surface area contributed by atoms with Gasteiger partial charge in [-0.15, -0.1) is 0 Å². The van der Waals surface area contributed by atoms with Gasteiger partial charge in [0.05, 0.1) is 32.4 Å². The molecule has 1 spiro atoms. The van der Waals surface area contributed by atoms with E-state index in [4.69, 9.17) is 14.2 Å². The number of piperidine rings is 1. The van der Waals surface area contributed by atoms with E-state index in [1.807, 2.05) is 12.1 Å². The molecule has 39 heavy (non-hydrogen) atoms. The number of hydrogen-bond donors (Lipinski definition) is 1. The van der Waals surface area contributed by atoms with E-state index in [-0.39, 0.29) is 18.1 Å². The van der Waals surface area contributed by atoms with Gasteiger partial charge in [-0.3, -0.25) is 4.90 Å². The number of aryl methyl sites for hydroxylation is 1. The summed E-state index contributed by atoms with van der Waals surface area (Å²) in [5.41, 5.74) is 5.07. The molecule has 1 aromatic heterocycles. The second-order valence-electron chi connectivity index (χ2n) is 11.8. The maximum absolute atomic E-state index is 10.8. The van der Waals surface area contributed by atoms with Crippen LogP contribution in [0.5, 0.6) is 11.5 Å². The van der Waals surface area contributed by atoms with Crippen molar-refractivity contribution >= 4 is 10.9 Å². The van der Waals surface area contributed by atoms with Crippen LogP contribution in [0.4, 0.5) is 0 Å². The number of aromatic nitrogens is 1. The van der Waals surface area contributed by atoms with Crippen LogP contribution in [0.15, 0.2) is 42.5 Å². The highest BCUT2D eigenvalue weighted by Crippen LogP contribution is 2.50. The lowest BCUT2D eigenvalue weighted by atomic mass is 9.68. The minimum absolute atomic E-state index is 0.0310. The number of hydrogen-bond acceptors (Lipinski definition) is 6. The third-order valence-corrected chi connectivity index (χ3v) is 9.65. The van der Waals surface area contributed by atoms with Crippen molar-refractivity contribution in [3.63, 3.8) is 0 Å². The summed E-state index contributed by atoms with van der Waals surface area (Å²) >= 11 is 0. The second-order valence-corrected chi connectivity index (χ2v) is 11.8. The smallest absolute Gasteiger partial charge is 0.123 e. The van der Waals surface area contributed by atoms with Gasteiger partial charge in [-0.05, 0) is 68.5 Å². The fourth-order valence-electron chi connectivity index (χ4n) is 7.55. The third-order valence-electron chi connectivity index (χ3n) is 9.65. The largest absolute Gasteiger partial charge is 0.497 e. The molecule has 2 saturated heterocycles. The minimum Gasteiger partial charge on any atom is -0.497 e. The van der Waals surface area contributed by atoms with Gasteiger partial charge >= 0.3 is 0 Å². The van der Waals surface area contributed by atoms with Crippen molar-refractivity contribution in [2.24, 2.45) is 13.0 Å². The van der Waals surface area contributed by atoms with Crippen molar-refractivity contribution in [3.05, 3.63) is 59.3 Å². The lowest BCUT2D eigenvalue weighted by Crippen LogP contribution is -2.54. The number of aliphatic hydroxyl groups is 1. The average molecular weight is 534 g/mol. The van der Waals surface area contributed by atoms with Crippen molar-refractivity contribution in [1.82, 2.24) is 14.4 Å². The predicted octanol–water partition coefficient (Wildman–Crippen LogP) is 4.50. The zero-order chi connectivity index (χ0) is 27.0. The molecule has 0 aliphatic carbocycles. The molecule has 210 valence electrons. The van der Waals surface area contributed by atoms with Crippen molar-refractivity contribution in [3.8, 4) is 11.5 Å². The Bertz CT molecular complexity index is 1290. The molecule has 0 unspecified atom stereocenters. The van der Waals surface area contributed by atoms with Crippen molar-refractivity contribution < 1.29 is 19.3 Å². The van der Waals surface area contributed by atoms with E-state index in [0.717, 1.165) is 75.2 Å². The molecule has 7 nitrogen and oxygen atoms in total. The van der Waals surface area contributed by atoms with Crippen LogP contribution in [0.1, 0.15) is 48.5 Å². The fraction of sp³-hybridized carbons (Fsp3) is 0.562. The van der Waals surface area contributed by atoms with Crippen LogP contribution in [-0.2, 0) is 23.7 Å². The molecule has 0 amide bonds. The number of benzene rings is 2. The highest BCUT2D eigenvalue weighted by atomic mass is 16.5. The maximum atomic E-state index is 10.8. The lowest BCUT2D eigenvalue weighted by molar-refractivity contribution is 0.0246. The summed E-state index contributed by atoms with van der Waals surface area (Å²) in [5, 5.41) is 12.2. The number of fused-ring (bicyclic) bond motifs is 4. The van der Waals surface area contributed by atoms with Crippen LogP contribution in [0, 0.1) is 5.92 Å². The number of likely N-dealkylation sites (tertiary alicyclic amines) is 1. The molecular formula is C32H43N3O4. The maximum Gasteiger partial charge on any atom is 0.123 e. The number of methoxy groups -OCH3 is 2. The lowest BCUT2D eigenvalue weighted by Gasteiger charge is -2.51. The standard InChI is InChI=1S/C32H43N3O4/c1-33-27-18-25(37-2)8-9-26(27)30-31(33)28(21-36)35(20-24-6-4-5-7-29(24)38-3)22-32(30)12-14-34(15-13-32)19-23-10-16-39-17-11-23/h4-9,18,23,28,36H,10-17,19-22H2,1-3H3/t28-/m1/s1. The first-order chi connectivity index (χ1) is 19.1. The summed E-state index contributed by atoms with van der Waals surface area (Å²) < 4.78 is 19.3. The SMILES string of the molecule is COc1ccc2c3c(n(C)c2c1)[C@@H](CO)N(Cc1ccccc1OC)CC31CCN(CC2CCOCC2)CC1. The van der Waals surface area contributed by atoms with Gasteiger partial charge in [-0.1, -0.05) is 18.2 Å². The van der Waals surface area contributed by atoms with Gasteiger partial charge in [0, 0.05) is 68.0 Å². The van der Waals surface area contributed by atoms with Gasteiger partial charge in [0.15, 0.2) is 0 Å². The Morgan fingerprint density at radius 3 is 2.51 bits per heavy atom. The van der Waals surface area contributed by atoms with Gasteiger partial charge in [0.1, 0.15) is 11.5 Å². The number of aliphatic hydroxyl groups excluding tert-OH is 1. The average Bonchev–Trinajstić information content (AvgIpc) is 3.27. The number of rotatable bonds is 7. The number of para-hydroxylation sites is 1. The zero-order valence-corrected chi connectivity index (χ0v) is 23.7. The molecular weight excluding hydrogens is 490 g/mol. The van der Waals surface area contributed by atoms with E-state index in [1.54, 1.807) is 14.2 Å². The monoisotopic (exact) mass is 533 g/mol. The quantitative estimate of drug-likeness (QED) is 0.483. The second kappa shape index (κ2) is 11.1. The van der Waals surface area contributed by atoms with Crippen LogP contribution in [0.3, 0.4) is 0 Å². The summed E-state index contributed by atoms with van der Waals surface area (Å²) in [6, 6.07) is 14.7. The molecule has 0 bridgehead atoms. The first-order valence-electron chi connectivity index (χ1n) is 14.5. The molecule has 3 aliphatic heterocycles. The Balaban J connectivity index is 1.39. The topological polar surface area (TPSA) is 59.3 Å². The predicted molar refractivity (Wildman–Crippen MR) is 154 cm³/mol. The van der Waals surface area contributed by atoms with E-state index in [2.05, 4.69) is 51.7 Å². The van der Waals surface area contributed by atoms with Gasteiger partial charge in [-0.25, -0.2) is 0 Å². The van der Waals surface area contributed by atoms with Crippen LogP contribution in [0.25, 0.3) is 10.9 Å². The van der Waals surface area contributed by atoms with E-state index < -0.39 is 0 Å². The highest BCUT2D eigenvalue weighted by Gasteiger charge is 2.48. The molecule has 4 heterocycles. The van der Waals surface area contributed by atoms with Crippen LogP contribution in [-0.4, -0.2) is 79.7 Å². The van der Waals surface area contributed by atoms with E-state index in [1.165, 1.54) is 41.5 Å². The minimum atomic E-state index is -0.0841. The number of nitrogens with zero attached hydrogens (tertiary/aromatic N) is 3. The van der Waals surface area contributed by atoms with Crippen molar-refractivity contribution in [1.29, 1.82) is 0 Å². The summed E-state index contributed by atoms with van der Waals surface area (Å²) in [6.07, 6.45) is 4.60. The molecule has 2 fully saturated rings. The molecule has 0 saturated carbocycles. The summed E-state index contributed by atoms with van der Waals surface area (Å²) in [5.74, 6) is 2.52. The highest BCUT2D eigenvalue weighted by molar-refractivity contribution is 5.88. The Labute approximate surface area is 232 Å². The van der Waals surface area contributed by atoms with Gasteiger partial charge in [0.2, 0.25) is 0 Å². The van der Waals surface area contributed by atoms with Crippen molar-refractivity contribution in [2.45, 2.75) is 43.7 Å². The van der Waals surface area contributed by atoms with Crippen LogP contribution >= 0.6 is 0 Å². The van der Waals surface area contributed by atoms with Crippen molar-refractivity contribution in [2.75, 3.05) is 60.2 Å².